The van der Waals surface area contributed by atoms with Gasteiger partial charge in [0.2, 0.25) is 11.7 Å². The van der Waals surface area contributed by atoms with E-state index in [1.54, 1.807) is 48.4 Å². The summed E-state index contributed by atoms with van der Waals surface area (Å²) < 4.78 is 22.0. The summed E-state index contributed by atoms with van der Waals surface area (Å²) in [4.78, 5) is 30.0. The van der Waals surface area contributed by atoms with Gasteiger partial charge in [0, 0.05) is 12.2 Å². The lowest BCUT2D eigenvalue weighted by Crippen LogP contribution is -2.41. The average molecular weight is 569 g/mol. The number of aryl methyl sites for hydroxylation is 1. The molecule has 0 bridgehead atoms. The lowest BCUT2D eigenvalue weighted by atomic mass is 9.99. The molecule has 0 aliphatic carbocycles. The van der Waals surface area contributed by atoms with Gasteiger partial charge >= 0.3 is 0 Å². The number of benzene rings is 4. The van der Waals surface area contributed by atoms with E-state index in [0.29, 0.717) is 34.2 Å². The number of carbonyl (C=O) groups is 2. The topological polar surface area (TPSA) is 86.3 Å². The maximum Gasteiger partial charge on any atom is 0.251 e. The van der Waals surface area contributed by atoms with Crippen molar-refractivity contribution in [1.29, 1.82) is 0 Å². The van der Waals surface area contributed by atoms with E-state index in [2.05, 4.69) is 5.32 Å². The fourth-order valence-corrected chi connectivity index (χ4v) is 4.78. The van der Waals surface area contributed by atoms with Crippen LogP contribution in [0.2, 0.25) is 0 Å². The van der Waals surface area contributed by atoms with Gasteiger partial charge in [-0.3, -0.25) is 9.59 Å². The summed E-state index contributed by atoms with van der Waals surface area (Å²) in [7, 11) is 6.12. The molecule has 0 heterocycles. The molecule has 8 heteroatoms. The molecule has 0 radical (unpaired) electrons. The van der Waals surface area contributed by atoms with Crippen LogP contribution in [-0.4, -0.2) is 45.2 Å². The quantitative estimate of drug-likeness (QED) is 0.226. The maximum atomic E-state index is 14.2. The van der Waals surface area contributed by atoms with E-state index in [9.17, 15) is 9.59 Å². The van der Waals surface area contributed by atoms with Gasteiger partial charge in [-0.15, -0.1) is 0 Å². The minimum Gasteiger partial charge on any atom is -0.497 e. The molecule has 0 aliphatic heterocycles. The highest BCUT2D eigenvalue weighted by molar-refractivity contribution is 5.98. The van der Waals surface area contributed by atoms with Crippen molar-refractivity contribution >= 4 is 17.5 Å². The van der Waals surface area contributed by atoms with Gasteiger partial charge < -0.3 is 29.2 Å². The number of carbonyl (C=O) groups excluding carboxylic acids is 2. The maximum absolute atomic E-state index is 14.2. The Hall–Kier alpha value is -4.98. The molecule has 0 aromatic heterocycles. The zero-order valence-electron chi connectivity index (χ0n) is 24.5. The molecule has 218 valence electrons. The number of hydrogen-bond acceptors (Lipinski definition) is 6. The Kier molecular flexibility index (Phi) is 10.1. The second-order valence-electron chi connectivity index (χ2n) is 9.69. The number of anilines is 1. The van der Waals surface area contributed by atoms with Crippen molar-refractivity contribution in [2.45, 2.75) is 25.9 Å². The summed E-state index contributed by atoms with van der Waals surface area (Å²) in [6.07, 6.45) is 0.115. The van der Waals surface area contributed by atoms with Crippen molar-refractivity contribution in [2.24, 2.45) is 0 Å². The Morgan fingerprint density at radius 2 is 1.38 bits per heavy atom. The second-order valence-corrected chi connectivity index (χ2v) is 9.69. The SMILES string of the molecule is COc1ccc(NC(=O)C(c2cc(OC)c(OC)c(OC)c2)N(Cc2ccccc2C)C(=O)Cc2ccccc2)cc1. The molecule has 4 rings (SSSR count). The van der Waals surface area contributed by atoms with Gasteiger partial charge in [-0.05, 0) is 65.6 Å². The van der Waals surface area contributed by atoms with Crippen LogP contribution in [0.25, 0.3) is 0 Å². The van der Waals surface area contributed by atoms with Crippen molar-refractivity contribution in [2.75, 3.05) is 33.8 Å². The van der Waals surface area contributed by atoms with Crippen LogP contribution < -0.4 is 24.3 Å². The molecule has 1 N–H and O–H groups in total. The van der Waals surface area contributed by atoms with Gasteiger partial charge in [-0.1, -0.05) is 54.6 Å². The molecule has 1 atom stereocenters. The van der Waals surface area contributed by atoms with Crippen LogP contribution in [0.3, 0.4) is 0 Å². The minimum atomic E-state index is -1.04. The van der Waals surface area contributed by atoms with Gasteiger partial charge in [0.25, 0.3) is 5.91 Å². The molecule has 0 saturated heterocycles. The largest absolute Gasteiger partial charge is 0.497 e. The predicted molar refractivity (Wildman–Crippen MR) is 162 cm³/mol. The molecule has 1 unspecified atom stereocenters. The van der Waals surface area contributed by atoms with E-state index >= 15 is 0 Å². The zero-order valence-corrected chi connectivity index (χ0v) is 24.5. The third-order valence-corrected chi connectivity index (χ3v) is 7.04. The Morgan fingerprint density at radius 3 is 1.95 bits per heavy atom. The van der Waals surface area contributed by atoms with Gasteiger partial charge in [0.05, 0.1) is 34.9 Å². The fourth-order valence-electron chi connectivity index (χ4n) is 4.78. The lowest BCUT2D eigenvalue weighted by Gasteiger charge is -2.32. The fraction of sp³-hybridized carbons (Fsp3) is 0.235. The molecule has 8 nitrogen and oxygen atoms in total. The highest BCUT2D eigenvalue weighted by Crippen LogP contribution is 2.41. The molecule has 4 aromatic rings. The third-order valence-electron chi connectivity index (χ3n) is 7.04. The minimum absolute atomic E-state index is 0.115. The molecule has 0 fully saturated rings. The first-order valence-electron chi connectivity index (χ1n) is 13.5. The van der Waals surface area contributed by atoms with E-state index in [1.807, 2.05) is 61.5 Å². The number of nitrogens with zero attached hydrogens (tertiary/aromatic N) is 1. The molecule has 4 aromatic carbocycles. The molecule has 2 amide bonds. The Bertz CT molecular complexity index is 1480. The third kappa shape index (κ3) is 7.01. The molecule has 0 aliphatic rings. The van der Waals surface area contributed by atoms with E-state index in [4.69, 9.17) is 18.9 Å². The summed E-state index contributed by atoms with van der Waals surface area (Å²) in [5, 5.41) is 2.99. The van der Waals surface area contributed by atoms with E-state index in [-0.39, 0.29) is 18.9 Å². The zero-order chi connectivity index (χ0) is 30.1. The van der Waals surface area contributed by atoms with Crippen LogP contribution in [0.4, 0.5) is 5.69 Å². The van der Waals surface area contributed by atoms with Crippen LogP contribution in [0.5, 0.6) is 23.0 Å². The standard InChI is InChI=1S/C34H36N2O6/c1-23-11-9-10-14-25(23)22-36(31(37)19-24-12-7-6-8-13-24)32(34(38)35-27-15-17-28(39-2)18-16-27)26-20-29(40-3)33(42-5)30(21-26)41-4/h6-18,20-21,32H,19,22H2,1-5H3,(H,35,38). The van der Waals surface area contributed by atoms with Crippen LogP contribution in [-0.2, 0) is 22.6 Å². The van der Waals surface area contributed by atoms with E-state index in [0.717, 1.165) is 16.7 Å². The highest BCUT2D eigenvalue weighted by Gasteiger charge is 2.34. The summed E-state index contributed by atoms with van der Waals surface area (Å²) in [6.45, 7) is 2.19. The smallest absolute Gasteiger partial charge is 0.251 e. The summed E-state index contributed by atoms with van der Waals surface area (Å²) in [6, 6.07) is 26.7. The number of amides is 2. The van der Waals surface area contributed by atoms with Crippen molar-refractivity contribution in [3.05, 3.63) is 113 Å². The van der Waals surface area contributed by atoms with E-state index in [1.165, 1.54) is 21.3 Å². The monoisotopic (exact) mass is 568 g/mol. The van der Waals surface area contributed by atoms with Gasteiger partial charge in [0.15, 0.2) is 11.5 Å². The lowest BCUT2D eigenvalue weighted by molar-refractivity contribution is -0.139. The molecular weight excluding hydrogens is 532 g/mol. The van der Waals surface area contributed by atoms with Gasteiger partial charge in [-0.25, -0.2) is 0 Å². The molecule has 0 saturated carbocycles. The first kappa shape index (κ1) is 30.0. The molecule has 42 heavy (non-hydrogen) atoms. The number of nitrogens with one attached hydrogen (secondary N) is 1. The van der Waals surface area contributed by atoms with Crippen molar-refractivity contribution < 1.29 is 28.5 Å². The highest BCUT2D eigenvalue weighted by atomic mass is 16.5. The second kappa shape index (κ2) is 14.1. The first-order chi connectivity index (χ1) is 20.4. The summed E-state index contributed by atoms with van der Waals surface area (Å²) in [5.41, 5.74) is 3.84. The van der Waals surface area contributed by atoms with Crippen LogP contribution >= 0.6 is 0 Å². The molecular formula is C34H36N2O6. The first-order valence-corrected chi connectivity index (χ1v) is 13.5. The number of hydrogen-bond donors (Lipinski definition) is 1. The summed E-state index contributed by atoms with van der Waals surface area (Å²) in [5.74, 6) is 1.19. The van der Waals surface area contributed by atoms with Crippen LogP contribution in [0.15, 0.2) is 91.0 Å². The summed E-state index contributed by atoms with van der Waals surface area (Å²) >= 11 is 0. The molecule has 0 spiro atoms. The Balaban J connectivity index is 1.86. The van der Waals surface area contributed by atoms with Crippen molar-refractivity contribution in [3.63, 3.8) is 0 Å². The number of ether oxygens (including phenoxy) is 4. The number of rotatable bonds is 12. The van der Waals surface area contributed by atoms with Gasteiger partial charge in [-0.2, -0.15) is 0 Å². The number of methoxy groups -OCH3 is 4. The Labute approximate surface area is 246 Å². The van der Waals surface area contributed by atoms with Gasteiger partial charge in [0.1, 0.15) is 11.8 Å². The van der Waals surface area contributed by atoms with Crippen LogP contribution in [0, 0.1) is 6.92 Å². The van der Waals surface area contributed by atoms with Crippen molar-refractivity contribution in [1.82, 2.24) is 4.90 Å². The van der Waals surface area contributed by atoms with Crippen LogP contribution in [0.1, 0.15) is 28.3 Å². The Morgan fingerprint density at radius 1 is 0.762 bits per heavy atom. The van der Waals surface area contributed by atoms with E-state index < -0.39 is 11.9 Å². The van der Waals surface area contributed by atoms with Crippen molar-refractivity contribution in [3.8, 4) is 23.0 Å². The normalized spacial score (nSPS) is 11.3. The average Bonchev–Trinajstić information content (AvgIpc) is 3.01. The predicted octanol–water partition coefficient (Wildman–Crippen LogP) is 5.98.